The van der Waals surface area contributed by atoms with Crippen molar-refractivity contribution in [2.75, 3.05) is 6.54 Å². The number of carbonyl (C=O) groups is 1. The Morgan fingerprint density at radius 3 is 2.62 bits per heavy atom. The number of carbonyl (C=O) groups excluding carboxylic acids is 1. The number of aliphatic hydroxyl groups excluding tert-OH is 1. The van der Waals surface area contributed by atoms with Gasteiger partial charge in [0.05, 0.1) is 6.10 Å². The van der Waals surface area contributed by atoms with Crippen LogP contribution in [0.25, 0.3) is 11.0 Å². The van der Waals surface area contributed by atoms with Gasteiger partial charge < -0.3 is 15.4 Å². The lowest BCUT2D eigenvalue weighted by molar-refractivity contribution is 0.0912. The number of halogens is 3. The molecule has 0 aliphatic carbocycles. The van der Waals surface area contributed by atoms with Crippen LogP contribution < -0.4 is 5.32 Å². The second-order valence-electron chi connectivity index (χ2n) is 5.15. The van der Waals surface area contributed by atoms with Crippen LogP contribution in [0.3, 0.4) is 0 Å². The maximum absolute atomic E-state index is 13.2. The largest absolute Gasteiger partial charge is 0.387 e. The Balaban J connectivity index is 1.69. The zero-order valence-electron chi connectivity index (χ0n) is 12.2. The molecule has 1 atom stereocenters. The lowest BCUT2D eigenvalue weighted by Crippen LogP contribution is -2.28. The number of aliphatic hydroxyl groups is 1. The molecule has 1 aromatic carbocycles. The van der Waals surface area contributed by atoms with E-state index >= 15 is 0 Å². The summed E-state index contributed by atoms with van der Waals surface area (Å²) in [6, 6.07) is 6.44. The summed E-state index contributed by atoms with van der Waals surface area (Å²) in [5.74, 6) is -4.94. The van der Waals surface area contributed by atoms with Crippen molar-refractivity contribution in [3.05, 3.63) is 65.2 Å². The zero-order valence-corrected chi connectivity index (χ0v) is 12.2. The lowest BCUT2D eigenvalue weighted by Gasteiger charge is -2.12. The van der Waals surface area contributed by atoms with E-state index in [1.165, 1.54) is 0 Å². The third-order valence-corrected chi connectivity index (χ3v) is 3.48. The monoisotopic (exact) mass is 335 g/mol. The Morgan fingerprint density at radius 2 is 1.96 bits per heavy atom. The molecule has 0 radical (unpaired) electrons. The lowest BCUT2D eigenvalue weighted by atomic mass is 10.1. The van der Waals surface area contributed by atoms with Crippen LogP contribution in [-0.2, 0) is 0 Å². The first-order valence-corrected chi connectivity index (χ1v) is 7.00. The Hall–Kier alpha value is -2.87. The van der Waals surface area contributed by atoms with Gasteiger partial charge in [-0.1, -0.05) is 0 Å². The first-order chi connectivity index (χ1) is 11.5. The van der Waals surface area contributed by atoms with E-state index in [0.29, 0.717) is 17.8 Å². The summed E-state index contributed by atoms with van der Waals surface area (Å²) >= 11 is 0. The summed E-state index contributed by atoms with van der Waals surface area (Å²) in [7, 11) is 0. The zero-order chi connectivity index (χ0) is 17.3. The van der Waals surface area contributed by atoms with Gasteiger partial charge in [-0.25, -0.2) is 18.2 Å². The molecule has 5 nitrogen and oxygen atoms in total. The number of fused-ring (bicyclic) bond motifs is 1. The number of amides is 1. The Kier molecular flexibility index (Phi) is 4.22. The van der Waals surface area contributed by atoms with Gasteiger partial charge in [0, 0.05) is 18.1 Å². The van der Waals surface area contributed by atoms with Crippen LogP contribution in [-0.4, -0.2) is 27.5 Å². The molecule has 0 aliphatic heterocycles. The number of aromatic amines is 1. The minimum Gasteiger partial charge on any atom is -0.387 e. The molecule has 0 aliphatic rings. The fraction of sp³-hybridized carbons (Fsp3) is 0.125. The van der Waals surface area contributed by atoms with Crippen LogP contribution in [0.4, 0.5) is 13.2 Å². The van der Waals surface area contributed by atoms with Crippen molar-refractivity contribution < 1.29 is 23.1 Å². The number of H-pyrrole nitrogens is 1. The van der Waals surface area contributed by atoms with Gasteiger partial charge in [-0.3, -0.25) is 4.79 Å². The van der Waals surface area contributed by atoms with E-state index in [4.69, 9.17) is 0 Å². The van der Waals surface area contributed by atoms with E-state index in [1.807, 2.05) is 0 Å². The van der Waals surface area contributed by atoms with Gasteiger partial charge in [-0.15, -0.1) is 0 Å². The van der Waals surface area contributed by atoms with Crippen molar-refractivity contribution in [1.82, 2.24) is 15.3 Å². The van der Waals surface area contributed by atoms with Crippen molar-refractivity contribution >= 4 is 16.9 Å². The molecule has 1 unspecified atom stereocenters. The van der Waals surface area contributed by atoms with Crippen molar-refractivity contribution in [2.45, 2.75) is 6.10 Å². The van der Waals surface area contributed by atoms with Crippen LogP contribution in [0.15, 0.2) is 36.5 Å². The predicted molar refractivity (Wildman–Crippen MR) is 79.7 cm³/mol. The Morgan fingerprint density at radius 1 is 1.25 bits per heavy atom. The summed E-state index contributed by atoms with van der Waals surface area (Å²) in [6.45, 7) is -0.299. The topological polar surface area (TPSA) is 78.0 Å². The highest BCUT2D eigenvalue weighted by molar-refractivity contribution is 5.97. The number of pyridine rings is 1. The van der Waals surface area contributed by atoms with Crippen LogP contribution in [0.5, 0.6) is 0 Å². The molecule has 2 heterocycles. The first kappa shape index (κ1) is 16.0. The molecule has 0 saturated heterocycles. The van der Waals surface area contributed by atoms with Crippen LogP contribution in [0, 0.1) is 17.5 Å². The van der Waals surface area contributed by atoms with E-state index in [2.05, 4.69) is 15.3 Å². The average molecular weight is 335 g/mol. The number of benzene rings is 1. The SMILES string of the molecule is O=C(NCC(O)c1cc(F)c(F)c(F)c1)c1cc2cccnc2[nH]1. The molecular weight excluding hydrogens is 323 g/mol. The van der Waals surface area contributed by atoms with Gasteiger partial charge in [0.15, 0.2) is 17.5 Å². The molecule has 24 heavy (non-hydrogen) atoms. The van der Waals surface area contributed by atoms with Crippen molar-refractivity contribution in [3.8, 4) is 0 Å². The molecule has 3 N–H and O–H groups in total. The van der Waals surface area contributed by atoms with Gasteiger partial charge in [-0.2, -0.15) is 0 Å². The molecular formula is C16H12F3N3O2. The van der Waals surface area contributed by atoms with E-state index in [-0.39, 0.29) is 17.8 Å². The second kappa shape index (κ2) is 6.32. The predicted octanol–water partition coefficient (Wildman–Crippen LogP) is 2.44. The molecule has 0 spiro atoms. The van der Waals surface area contributed by atoms with Crippen LogP contribution >= 0.6 is 0 Å². The van der Waals surface area contributed by atoms with Gasteiger partial charge >= 0.3 is 0 Å². The Labute approximate surface area is 134 Å². The van der Waals surface area contributed by atoms with Crippen LogP contribution in [0.2, 0.25) is 0 Å². The fourth-order valence-corrected chi connectivity index (χ4v) is 2.25. The standard InChI is InChI=1S/C16H12F3N3O2/c17-10-4-9(5-11(18)14(10)19)13(23)7-21-16(24)12-6-8-2-1-3-20-15(8)22-12/h1-6,13,23H,7H2,(H,20,22)(H,21,24). The smallest absolute Gasteiger partial charge is 0.267 e. The summed E-state index contributed by atoms with van der Waals surface area (Å²) in [5, 5.41) is 13.1. The number of nitrogens with zero attached hydrogens (tertiary/aromatic N) is 1. The van der Waals surface area contributed by atoms with Crippen molar-refractivity contribution in [1.29, 1.82) is 0 Å². The molecule has 2 aromatic heterocycles. The third kappa shape index (κ3) is 3.09. The highest BCUT2D eigenvalue weighted by Gasteiger charge is 2.17. The normalized spacial score (nSPS) is 12.3. The maximum atomic E-state index is 13.2. The highest BCUT2D eigenvalue weighted by Crippen LogP contribution is 2.19. The van der Waals surface area contributed by atoms with Gasteiger partial charge in [-0.05, 0) is 35.9 Å². The van der Waals surface area contributed by atoms with Gasteiger partial charge in [0.1, 0.15) is 11.3 Å². The molecule has 8 heteroatoms. The minimum atomic E-state index is -1.61. The van der Waals surface area contributed by atoms with Gasteiger partial charge in [0.2, 0.25) is 0 Å². The van der Waals surface area contributed by atoms with Crippen LogP contribution in [0.1, 0.15) is 22.2 Å². The third-order valence-electron chi connectivity index (χ3n) is 3.48. The molecule has 0 fully saturated rings. The van der Waals surface area contributed by atoms with E-state index in [9.17, 15) is 23.1 Å². The number of hydrogen-bond donors (Lipinski definition) is 3. The molecule has 3 aromatic rings. The van der Waals surface area contributed by atoms with E-state index < -0.39 is 29.5 Å². The fourth-order valence-electron chi connectivity index (χ4n) is 2.25. The maximum Gasteiger partial charge on any atom is 0.267 e. The molecule has 0 bridgehead atoms. The highest BCUT2D eigenvalue weighted by atomic mass is 19.2. The summed E-state index contributed by atoms with van der Waals surface area (Å²) < 4.78 is 39.2. The number of rotatable bonds is 4. The summed E-state index contributed by atoms with van der Waals surface area (Å²) in [5.41, 5.74) is 0.586. The number of aromatic nitrogens is 2. The van der Waals surface area contributed by atoms with E-state index in [0.717, 1.165) is 5.39 Å². The quantitative estimate of drug-likeness (QED) is 0.641. The van der Waals surface area contributed by atoms with Crippen molar-refractivity contribution in [3.63, 3.8) is 0 Å². The summed E-state index contributed by atoms with van der Waals surface area (Å²) in [4.78, 5) is 18.9. The average Bonchev–Trinajstić information content (AvgIpc) is 3.01. The molecule has 1 amide bonds. The summed E-state index contributed by atoms with van der Waals surface area (Å²) in [6.07, 6.45) is 0.183. The van der Waals surface area contributed by atoms with Gasteiger partial charge in [0.25, 0.3) is 5.91 Å². The minimum absolute atomic E-state index is 0.176. The van der Waals surface area contributed by atoms with E-state index in [1.54, 1.807) is 24.4 Å². The first-order valence-electron chi connectivity index (χ1n) is 7.00. The molecule has 0 saturated carbocycles. The number of hydrogen-bond acceptors (Lipinski definition) is 3. The molecule has 124 valence electrons. The molecule has 3 rings (SSSR count). The Bertz CT molecular complexity index is 854. The number of nitrogens with one attached hydrogen (secondary N) is 2. The van der Waals surface area contributed by atoms with Crippen molar-refractivity contribution in [2.24, 2.45) is 0 Å². The second-order valence-corrected chi connectivity index (χ2v) is 5.15.